The number of aromatic nitrogens is 4. The van der Waals surface area contributed by atoms with Crippen molar-refractivity contribution in [3.63, 3.8) is 0 Å². The highest BCUT2D eigenvalue weighted by atomic mass is 15.0. The van der Waals surface area contributed by atoms with E-state index in [1.165, 1.54) is 188 Å². The van der Waals surface area contributed by atoms with Gasteiger partial charge in [0, 0.05) is 65.8 Å². The van der Waals surface area contributed by atoms with Crippen LogP contribution >= 0.6 is 0 Å². The molecule has 0 aliphatic rings. The molecule has 0 aliphatic carbocycles. The van der Waals surface area contributed by atoms with Crippen LogP contribution in [0.5, 0.6) is 0 Å². The van der Waals surface area contributed by atoms with Gasteiger partial charge in [0.2, 0.25) is 0 Å². The van der Waals surface area contributed by atoms with Crippen LogP contribution in [0.1, 0.15) is 0 Å². The summed E-state index contributed by atoms with van der Waals surface area (Å²) in [4.78, 5) is 0. The van der Waals surface area contributed by atoms with E-state index < -0.39 is 0 Å². The molecule has 0 atom stereocenters. The molecule has 0 saturated heterocycles. The minimum absolute atomic E-state index is 1.14. The predicted octanol–water partition coefficient (Wildman–Crippen LogP) is 29.1. The quantitative estimate of drug-likeness (QED) is 0.116. The van der Waals surface area contributed by atoms with Gasteiger partial charge in [-0.05, 0) is 210 Å². The van der Waals surface area contributed by atoms with Gasteiger partial charge in [-0.2, -0.15) is 0 Å². The second-order valence-corrected chi connectivity index (χ2v) is 29.2. The first-order valence-electron chi connectivity index (χ1n) is 38.5. The lowest BCUT2D eigenvalue weighted by Gasteiger charge is -2.11. The summed E-state index contributed by atoms with van der Waals surface area (Å²) in [5, 5.41) is 10.1. The molecule has 4 heteroatoms. The summed E-state index contributed by atoms with van der Waals surface area (Å²) in [5.41, 5.74) is 33.7. The molecule has 0 N–H and O–H groups in total. The van der Waals surface area contributed by atoms with E-state index in [0.717, 1.165) is 11.4 Å². The lowest BCUT2D eigenvalue weighted by Crippen LogP contribution is -1.94. The standard InChI is InChI=1S/2C54H36N2/c1-3-12-37(13-4-1)41-14-11-15-42(34-41)38-22-24-39(25-23-38)44-28-32-49-47-18-7-9-20-51(47)56(54(49)36-44)46-30-26-40(27-31-46)43-29-33-53-50(35-43)48-19-8-10-21-52(48)55(53)45-16-5-2-6-17-45;1-3-12-37(13-4-1)38-22-24-39(25-23-38)41-14-11-15-42(34-41)44-28-32-49-47-18-7-9-20-51(47)56(54(49)36-44)46-30-26-40(27-31-46)43-29-33-53-50(35-43)48-19-8-10-21-52(48)55(53)45-16-5-2-6-17-45/h2*1-36H. The Morgan fingerprint density at radius 1 is 0.0982 bits per heavy atom. The van der Waals surface area contributed by atoms with Crippen molar-refractivity contribution in [3.8, 4) is 112 Å². The fraction of sp³-hybridized carbons (Fsp3) is 0. The average Bonchev–Trinajstić information content (AvgIpc) is 1.61. The van der Waals surface area contributed by atoms with E-state index >= 15 is 0 Å². The lowest BCUT2D eigenvalue weighted by atomic mass is 9.96. The highest BCUT2D eigenvalue weighted by Crippen LogP contribution is 2.42. The Kier molecular flexibility index (Phi) is 16.2. The first-order valence-corrected chi connectivity index (χ1v) is 38.5. The van der Waals surface area contributed by atoms with Gasteiger partial charge in [-0.1, -0.05) is 315 Å². The van der Waals surface area contributed by atoms with Gasteiger partial charge in [0.1, 0.15) is 0 Å². The van der Waals surface area contributed by atoms with Gasteiger partial charge in [-0.3, -0.25) is 0 Å². The second kappa shape index (κ2) is 27.7. The van der Waals surface area contributed by atoms with Crippen LogP contribution < -0.4 is 0 Å². The van der Waals surface area contributed by atoms with E-state index in [1.54, 1.807) is 0 Å². The van der Waals surface area contributed by atoms with Crippen molar-refractivity contribution in [1.29, 1.82) is 0 Å². The Morgan fingerprint density at radius 3 is 0.661 bits per heavy atom. The summed E-state index contributed by atoms with van der Waals surface area (Å²) < 4.78 is 9.57. The number of hydrogen-bond acceptors (Lipinski definition) is 0. The van der Waals surface area contributed by atoms with Crippen LogP contribution in [-0.2, 0) is 0 Å². The number of rotatable bonds is 12. The maximum atomic E-state index is 2.42. The van der Waals surface area contributed by atoms with Crippen LogP contribution in [0.25, 0.3) is 199 Å². The number of fused-ring (bicyclic) bond motifs is 12. The third-order valence-corrected chi connectivity index (χ3v) is 22.7. The number of nitrogens with zero attached hydrogens (tertiary/aromatic N) is 4. The summed E-state index contributed by atoms with van der Waals surface area (Å²) in [7, 11) is 0. The molecule has 4 heterocycles. The molecule has 0 spiro atoms. The maximum Gasteiger partial charge on any atom is 0.0547 e. The van der Waals surface area contributed by atoms with Gasteiger partial charge in [0.05, 0.1) is 44.1 Å². The predicted molar refractivity (Wildman–Crippen MR) is 474 cm³/mol. The van der Waals surface area contributed by atoms with Crippen molar-refractivity contribution in [1.82, 2.24) is 18.3 Å². The van der Waals surface area contributed by atoms with E-state index in [1.807, 2.05) is 0 Å². The summed E-state index contributed by atoms with van der Waals surface area (Å²) in [6.07, 6.45) is 0. The topological polar surface area (TPSA) is 19.7 Å². The molecule has 4 nitrogen and oxygen atoms in total. The van der Waals surface area contributed by atoms with E-state index in [-0.39, 0.29) is 0 Å². The molecule has 22 rings (SSSR count). The van der Waals surface area contributed by atoms with E-state index in [4.69, 9.17) is 0 Å². The van der Waals surface area contributed by atoms with Crippen LogP contribution in [0.4, 0.5) is 0 Å². The van der Waals surface area contributed by atoms with Gasteiger partial charge < -0.3 is 18.3 Å². The molecule has 524 valence electrons. The second-order valence-electron chi connectivity index (χ2n) is 29.2. The van der Waals surface area contributed by atoms with Crippen LogP contribution in [0.3, 0.4) is 0 Å². The number of para-hydroxylation sites is 6. The number of benzene rings is 18. The number of hydrogen-bond donors (Lipinski definition) is 0. The highest BCUT2D eigenvalue weighted by Gasteiger charge is 2.20. The molecular formula is C108H72N4. The van der Waals surface area contributed by atoms with Crippen LogP contribution in [0, 0.1) is 0 Å². The monoisotopic (exact) mass is 1420 g/mol. The van der Waals surface area contributed by atoms with E-state index in [0.29, 0.717) is 0 Å². The highest BCUT2D eigenvalue weighted by molar-refractivity contribution is 6.14. The Labute approximate surface area is 649 Å². The Bertz CT molecular complexity index is 7290. The van der Waals surface area contributed by atoms with Crippen LogP contribution in [0.2, 0.25) is 0 Å². The maximum absolute atomic E-state index is 2.42. The van der Waals surface area contributed by atoms with Gasteiger partial charge in [-0.15, -0.1) is 0 Å². The first-order chi connectivity index (χ1) is 55.5. The Hall–Kier alpha value is -14.8. The fourth-order valence-corrected chi connectivity index (χ4v) is 17.2. The van der Waals surface area contributed by atoms with Gasteiger partial charge >= 0.3 is 0 Å². The van der Waals surface area contributed by atoms with Crippen molar-refractivity contribution < 1.29 is 0 Å². The summed E-state index contributed by atoms with van der Waals surface area (Å²) in [5.74, 6) is 0. The summed E-state index contributed by atoms with van der Waals surface area (Å²) in [6.45, 7) is 0. The molecular weight excluding hydrogens is 1350 g/mol. The molecule has 0 amide bonds. The molecule has 0 radical (unpaired) electrons. The van der Waals surface area contributed by atoms with Crippen molar-refractivity contribution in [2.45, 2.75) is 0 Å². The van der Waals surface area contributed by atoms with Crippen molar-refractivity contribution in [2.75, 3.05) is 0 Å². The molecule has 112 heavy (non-hydrogen) atoms. The molecule has 4 aromatic heterocycles. The Morgan fingerprint density at radius 2 is 0.295 bits per heavy atom. The van der Waals surface area contributed by atoms with Crippen LogP contribution in [-0.4, -0.2) is 18.3 Å². The third-order valence-electron chi connectivity index (χ3n) is 22.7. The smallest absolute Gasteiger partial charge is 0.0547 e. The van der Waals surface area contributed by atoms with E-state index in [2.05, 4.69) is 455 Å². The lowest BCUT2D eigenvalue weighted by molar-refractivity contribution is 1.18. The molecule has 0 bridgehead atoms. The zero-order valence-corrected chi connectivity index (χ0v) is 61.4. The molecule has 22 aromatic rings. The Balaban J connectivity index is 0.000000141. The molecule has 0 unspecified atom stereocenters. The SMILES string of the molecule is c1ccc(-c2ccc(-c3cccc(-c4ccc5c6ccccc6n(-c6ccc(-c7ccc8c(c7)c7ccccc7n8-c7ccccc7)cc6)c5c4)c3)cc2)cc1.c1ccc(-c2cccc(-c3ccc(-c4ccc5c6ccccc6n(-c6ccc(-c7ccc8c(c7)c7ccccc7n8-c7ccccc7)cc6)c5c4)cc3)c2)cc1. The van der Waals surface area contributed by atoms with Crippen molar-refractivity contribution in [2.24, 2.45) is 0 Å². The molecule has 0 fully saturated rings. The zero-order chi connectivity index (χ0) is 74.0. The average molecular weight is 1430 g/mol. The minimum atomic E-state index is 1.14. The van der Waals surface area contributed by atoms with Crippen LogP contribution in [0.15, 0.2) is 437 Å². The van der Waals surface area contributed by atoms with Crippen molar-refractivity contribution in [3.05, 3.63) is 437 Å². The molecule has 0 saturated carbocycles. The third kappa shape index (κ3) is 11.6. The zero-order valence-electron chi connectivity index (χ0n) is 61.4. The first kappa shape index (κ1) is 65.5. The fourth-order valence-electron chi connectivity index (χ4n) is 17.2. The van der Waals surface area contributed by atoms with Gasteiger partial charge in [0.15, 0.2) is 0 Å². The minimum Gasteiger partial charge on any atom is -0.309 e. The normalized spacial score (nSPS) is 11.6. The van der Waals surface area contributed by atoms with E-state index in [9.17, 15) is 0 Å². The molecule has 0 aliphatic heterocycles. The summed E-state index contributed by atoms with van der Waals surface area (Å²) in [6, 6.07) is 159. The van der Waals surface area contributed by atoms with Crippen molar-refractivity contribution >= 4 is 87.2 Å². The summed E-state index contributed by atoms with van der Waals surface area (Å²) >= 11 is 0. The largest absolute Gasteiger partial charge is 0.309 e. The van der Waals surface area contributed by atoms with Gasteiger partial charge in [-0.25, -0.2) is 0 Å². The molecule has 18 aromatic carbocycles. The van der Waals surface area contributed by atoms with Gasteiger partial charge in [0.25, 0.3) is 0 Å².